The van der Waals surface area contributed by atoms with Crippen LogP contribution in [0.15, 0.2) is 0 Å². The predicted molar refractivity (Wildman–Crippen MR) is 84.4 cm³/mol. The van der Waals surface area contributed by atoms with Crippen LogP contribution in [-0.2, 0) is 4.79 Å². The maximum atomic E-state index is 10.4. The molecule has 0 unspecified atom stereocenters. The van der Waals surface area contributed by atoms with Gasteiger partial charge in [-0.05, 0) is 6.42 Å². The van der Waals surface area contributed by atoms with Gasteiger partial charge < -0.3 is 4.90 Å². The van der Waals surface area contributed by atoms with Crippen LogP contribution in [0.25, 0.3) is 0 Å². The van der Waals surface area contributed by atoms with Crippen LogP contribution in [0.4, 0.5) is 0 Å². The molecule has 0 spiro atoms. The third-order valence-corrected chi connectivity index (χ3v) is 3.79. The summed E-state index contributed by atoms with van der Waals surface area (Å²) in [5.41, 5.74) is 0. The second-order valence-electron chi connectivity index (χ2n) is 5.83. The number of hydrogen-bond acceptors (Lipinski definition) is 1. The summed E-state index contributed by atoms with van der Waals surface area (Å²) in [5.74, 6) is 0. The van der Waals surface area contributed by atoms with Crippen molar-refractivity contribution in [2.45, 2.75) is 90.4 Å². The van der Waals surface area contributed by atoms with Crippen LogP contribution in [0.3, 0.4) is 0 Å². The molecule has 0 fully saturated rings. The molecule has 0 aromatic heterocycles. The van der Waals surface area contributed by atoms with Crippen LogP contribution >= 0.6 is 0 Å². The van der Waals surface area contributed by atoms with Crippen LogP contribution in [0.5, 0.6) is 0 Å². The molecule has 1 amide bonds. The lowest BCUT2D eigenvalue weighted by molar-refractivity contribution is -0.117. The second kappa shape index (κ2) is 15.5. The van der Waals surface area contributed by atoms with Gasteiger partial charge in [-0.3, -0.25) is 4.79 Å². The summed E-state index contributed by atoms with van der Waals surface area (Å²) in [6.07, 6.45) is 18.8. The fourth-order valence-electron chi connectivity index (χ4n) is 2.43. The van der Waals surface area contributed by atoms with Crippen molar-refractivity contribution < 1.29 is 4.79 Å². The van der Waals surface area contributed by atoms with Crippen molar-refractivity contribution in [3.05, 3.63) is 0 Å². The number of rotatable bonds is 15. The Balaban J connectivity index is 2.97. The van der Waals surface area contributed by atoms with Crippen molar-refractivity contribution in [2.24, 2.45) is 0 Å². The van der Waals surface area contributed by atoms with Gasteiger partial charge in [0.2, 0.25) is 6.41 Å². The van der Waals surface area contributed by atoms with Crippen LogP contribution in [0, 0.1) is 0 Å². The molecule has 0 bridgehead atoms. The Morgan fingerprint density at radius 2 is 1.05 bits per heavy atom. The molecule has 0 aliphatic rings. The van der Waals surface area contributed by atoms with Crippen molar-refractivity contribution >= 4 is 6.41 Å². The molecule has 0 atom stereocenters. The number of hydrogen-bond donors (Lipinski definition) is 0. The van der Waals surface area contributed by atoms with Gasteiger partial charge in [0.05, 0.1) is 0 Å². The third kappa shape index (κ3) is 15.4. The summed E-state index contributed by atoms with van der Waals surface area (Å²) in [6, 6.07) is 0. The standard InChI is InChI=1S/C17H35NO/c1-3-4-5-6-7-8-9-10-11-12-13-14-15-16-18(2)17-19/h17H,3-16H2,1-2H3. The molecule has 0 rings (SSSR count). The number of unbranched alkanes of at least 4 members (excludes halogenated alkanes) is 12. The minimum atomic E-state index is 0.917. The first kappa shape index (κ1) is 18.5. The summed E-state index contributed by atoms with van der Waals surface area (Å²) in [5, 5.41) is 0. The Morgan fingerprint density at radius 1 is 0.684 bits per heavy atom. The fraction of sp³-hybridized carbons (Fsp3) is 0.941. The summed E-state index contributed by atoms with van der Waals surface area (Å²) in [6.45, 7) is 3.19. The maximum absolute atomic E-state index is 10.4. The molecule has 0 N–H and O–H groups in total. The van der Waals surface area contributed by atoms with Crippen LogP contribution in [-0.4, -0.2) is 24.9 Å². The molecular weight excluding hydrogens is 234 g/mol. The van der Waals surface area contributed by atoms with Gasteiger partial charge >= 0.3 is 0 Å². The van der Waals surface area contributed by atoms with Crippen molar-refractivity contribution in [3.63, 3.8) is 0 Å². The predicted octanol–water partition coefficient (Wildman–Crippen LogP) is 5.17. The highest BCUT2D eigenvalue weighted by molar-refractivity contribution is 5.46. The highest BCUT2D eigenvalue weighted by Crippen LogP contribution is 2.12. The lowest BCUT2D eigenvalue weighted by atomic mass is 10.0. The van der Waals surface area contributed by atoms with Gasteiger partial charge in [0.25, 0.3) is 0 Å². The zero-order valence-corrected chi connectivity index (χ0v) is 13.3. The highest BCUT2D eigenvalue weighted by atomic mass is 16.1. The van der Waals surface area contributed by atoms with Crippen LogP contribution in [0.1, 0.15) is 90.4 Å². The lowest BCUT2D eigenvalue weighted by Gasteiger charge is -2.09. The fourth-order valence-corrected chi connectivity index (χ4v) is 2.43. The Bertz CT molecular complexity index is 182. The van der Waals surface area contributed by atoms with E-state index in [-0.39, 0.29) is 0 Å². The minimum absolute atomic E-state index is 0.917. The van der Waals surface area contributed by atoms with E-state index in [9.17, 15) is 4.79 Å². The maximum Gasteiger partial charge on any atom is 0.209 e. The number of carbonyl (C=O) groups excluding carboxylic acids is 1. The quantitative estimate of drug-likeness (QED) is 0.297. The van der Waals surface area contributed by atoms with E-state index >= 15 is 0 Å². The van der Waals surface area contributed by atoms with E-state index in [1.807, 2.05) is 7.05 Å². The molecular formula is C17H35NO. The molecule has 114 valence electrons. The Kier molecular flexibility index (Phi) is 15.1. The number of nitrogens with zero attached hydrogens (tertiary/aromatic N) is 1. The number of carbonyl (C=O) groups is 1. The topological polar surface area (TPSA) is 20.3 Å². The van der Waals surface area contributed by atoms with Gasteiger partial charge in [0.1, 0.15) is 0 Å². The SMILES string of the molecule is CCCCCCCCCCCCCCCN(C)C=O. The third-order valence-electron chi connectivity index (χ3n) is 3.79. The Labute approximate surface area is 120 Å². The average Bonchev–Trinajstić information content (AvgIpc) is 2.43. The molecule has 2 nitrogen and oxygen atoms in total. The van der Waals surface area contributed by atoms with Gasteiger partial charge in [-0.2, -0.15) is 0 Å². The molecule has 0 aliphatic carbocycles. The molecule has 0 saturated carbocycles. The van der Waals surface area contributed by atoms with Crippen molar-refractivity contribution in [3.8, 4) is 0 Å². The largest absolute Gasteiger partial charge is 0.348 e. The van der Waals surface area contributed by atoms with E-state index in [4.69, 9.17) is 0 Å². The Hall–Kier alpha value is -0.530. The van der Waals surface area contributed by atoms with Crippen molar-refractivity contribution in [1.82, 2.24) is 4.90 Å². The molecule has 0 aliphatic heterocycles. The lowest BCUT2D eigenvalue weighted by Crippen LogP contribution is -2.16. The Morgan fingerprint density at radius 3 is 1.42 bits per heavy atom. The average molecular weight is 269 g/mol. The zero-order chi connectivity index (χ0) is 14.2. The van der Waals surface area contributed by atoms with Gasteiger partial charge in [-0.1, -0.05) is 84.0 Å². The van der Waals surface area contributed by atoms with Gasteiger partial charge in [-0.25, -0.2) is 0 Å². The first-order valence-electron chi connectivity index (χ1n) is 8.46. The summed E-state index contributed by atoms with van der Waals surface area (Å²) >= 11 is 0. The molecule has 2 heteroatoms. The molecule has 0 aromatic carbocycles. The summed E-state index contributed by atoms with van der Waals surface area (Å²) in [7, 11) is 1.85. The minimum Gasteiger partial charge on any atom is -0.348 e. The van der Waals surface area contributed by atoms with E-state index in [0.717, 1.165) is 19.4 Å². The van der Waals surface area contributed by atoms with Crippen LogP contribution < -0.4 is 0 Å². The normalized spacial score (nSPS) is 10.6. The van der Waals surface area contributed by atoms with E-state index < -0.39 is 0 Å². The first-order chi connectivity index (χ1) is 9.31. The zero-order valence-electron chi connectivity index (χ0n) is 13.3. The molecule has 0 radical (unpaired) electrons. The van der Waals surface area contributed by atoms with E-state index in [2.05, 4.69) is 6.92 Å². The monoisotopic (exact) mass is 269 g/mol. The van der Waals surface area contributed by atoms with E-state index in [1.54, 1.807) is 4.90 Å². The molecule has 0 aromatic rings. The van der Waals surface area contributed by atoms with E-state index in [0.29, 0.717) is 0 Å². The summed E-state index contributed by atoms with van der Waals surface area (Å²) < 4.78 is 0. The van der Waals surface area contributed by atoms with Crippen molar-refractivity contribution in [2.75, 3.05) is 13.6 Å². The van der Waals surface area contributed by atoms with E-state index in [1.165, 1.54) is 77.0 Å². The van der Waals surface area contributed by atoms with Gasteiger partial charge in [0.15, 0.2) is 0 Å². The second-order valence-corrected chi connectivity index (χ2v) is 5.83. The van der Waals surface area contributed by atoms with Gasteiger partial charge in [-0.15, -0.1) is 0 Å². The highest BCUT2D eigenvalue weighted by Gasteiger charge is 1.95. The molecule has 19 heavy (non-hydrogen) atoms. The molecule has 0 heterocycles. The van der Waals surface area contributed by atoms with Crippen molar-refractivity contribution in [1.29, 1.82) is 0 Å². The molecule has 0 saturated heterocycles. The smallest absolute Gasteiger partial charge is 0.209 e. The first-order valence-corrected chi connectivity index (χ1v) is 8.46. The number of amides is 1. The summed E-state index contributed by atoms with van der Waals surface area (Å²) in [4.78, 5) is 12.1. The van der Waals surface area contributed by atoms with Crippen LogP contribution in [0.2, 0.25) is 0 Å². The van der Waals surface area contributed by atoms with Gasteiger partial charge in [0, 0.05) is 13.6 Å².